The smallest absolute Gasteiger partial charge is 0.325 e. The molecule has 0 aromatic carbocycles. The van der Waals surface area contributed by atoms with E-state index in [0.29, 0.717) is 44.7 Å². The van der Waals surface area contributed by atoms with Crippen molar-refractivity contribution in [2.45, 2.75) is 76.3 Å². The normalized spacial score (nSPS) is 27.5. The molecule has 0 bridgehead atoms. The van der Waals surface area contributed by atoms with Crippen molar-refractivity contribution < 1.29 is 14.4 Å². The zero-order valence-electron chi connectivity index (χ0n) is 17.1. The summed E-state index contributed by atoms with van der Waals surface area (Å²) in [4.78, 5) is 44.4. The lowest BCUT2D eigenvalue weighted by Crippen LogP contribution is -2.55. The number of imide groups is 1. The topological polar surface area (TPSA) is 73.0 Å². The molecular formula is C21H34N4O3. The van der Waals surface area contributed by atoms with Crippen LogP contribution in [0, 0.1) is 5.92 Å². The lowest BCUT2D eigenvalue weighted by atomic mass is 9.86. The largest absolute Gasteiger partial charge is 0.342 e. The van der Waals surface area contributed by atoms with E-state index < -0.39 is 5.54 Å². The van der Waals surface area contributed by atoms with E-state index in [1.807, 2.05) is 4.90 Å². The fourth-order valence-electron chi connectivity index (χ4n) is 5.51. The van der Waals surface area contributed by atoms with Crippen LogP contribution in [-0.2, 0) is 9.59 Å². The van der Waals surface area contributed by atoms with Crippen molar-refractivity contribution in [3.63, 3.8) is 0 Å². The van der Waals surface area contributed by atoms with E-state index in [-0.39, 0.29) is 23.9 Å². The number of amides is 4. The Balaban J connectivity index is 1.35. The molecule has 156 valence electrons. The number of piperidine rings is 2. The Hall–Kier alpha value is -1.63. The number of hydrogen-bond acceptors (Lipinski definition) is 4. The molecule has 0 aromatic heterocycles. The number of rotatable bonds is 3. The molecule has 4 amide bonds. The summed E-state index contributed by atoms with van der Waals surface area (Å²) in [5, 5.41) is 3.03. The summed E-state index contributed by atoms with van der Waals surface area (Å²) >= 11 is 0. The molecule has 3 heterocycles. The SMILES string of the molecule is CCN1CCC2(CC1)NC(=O)N(C1CCN(C(=O)C3CCCCC3)CC1)C2=O. The van der Waals surface area contributed by atoms with Crippen molar-refractivity contribution in [1.29, 1.82) is 0 Å². The minimum Gasteiger partial charge on any atom is -0.342 e. The van der Waals surface area contributed by atoms with Crippen molar-refractivity contribution >= 4 is 17.8 Å². The van der Waals surface area contributed by atoms with Crippen molar-refractivity contribution in [3.8, 4) is 0 Å². The first-order chi connectivity index (χ1) is 13.5. The average Bonchev–Trinajstić information content (AvgIpc) is 2.98. The van der Waals surface area contributed by atoms with Crippen LogP contribution >= 0.6 is 0 Å². The Morgan fingerprint density at radius 1 is 1.00 bits per heavy atom. The van der Waals surface area contributed by atoms with E-state index >= 15 is 0 Å². The second-order valence-electron chi connectivity index (χ2n) is 9.01. The van der Waals surface area contributed by atoms with Gasteiger partial charge in [0.25, 0.3) is 5.91 Å². The summed E-state index contributed by atoms with van der Waals surface area (Å²) in [6.45, 7) is 6.13. The first kappa shape index (κ1) is 19.7. The molecule has 1 saturated carbocycles. The second kappa shape index (κ2) is 8.01. The number of hydrogen-bond donors (Lipinski definition) is 1. The van der Waals surface area contributed by atoms with Gasteiger partial charge in [0.2, 0.25) is 5.91 Å². The Labute approximate surface area is 167 Å². The maximum atomic E-state index is 13.2. The quantitative estimate of drug-likeness (QED) is 0.748. The standard InChI is InChI=1S/C21H34N4O3/c1-2-23-14-10-21(11-15-23)19(27)25(20(28)22-21)17-8-12-24(13-9-17)18(26)16-6-4-3-5-7-16/h16-17H,2-15H2,1H3,(H,22,28). The monoisotopic (exact) mass is 390 g/mol. The van der Waals surface area contributed by atoms with Gasteiger partial charge in [-0.3, -0.25) is 14.5 Å². The highest BCUT2D eigenvalue weighted by molar-refractivity contribution is 6.07. The van der Waals surface area contributed by atoms with Gasteiger partial charge in [-0.1, -0.05) is 26.2 Å². The van der Waals surface area contributed by atoms with E-state index in [9.17, 15) is 14.4 Å². The van der Waals surface area contributed by atoms with Crippen LogP contribution in [0.1, 0.15) is 64.7 Å². The molecule has 7 nitrogen and oxygen atoms in total. The highest BCUT2D eigenvalue weighted by Gasteiger charge is 2.54. The van der Waals surface area contributed by atoms with E-state index in [2.05, 4.69) is 17.1 Å². The highest BCUT2D eigenvalue weighted by atomic mass is 16.2. The van der Waals surface area contributed by atoms with Crippen LogP contribution in [-0.4, -0.2) is 76.8 Å². The summed E-state index contributed by atoms with van der Waals surface area (Å²) in [6.07, 6.45) is 8.40. The van der Waals surface area contributed by atoms with Crippen LogP contribution in [0.15, 0.2) is 0 Å². The first-order valence-corrected chi connectivity index (χ1v) is 11.2. The van der Waals surface area contributed by atoms with Crippen LogP contribution in [0.3, 0.4) is 0 Å². The van der Waals surface area contributed by atoms with Gasteiger partial charge >= 0.3 is 6.03 Å². The Morgan fingerprint density at radius 3 is 2.25 bits per heavy atom. The zero-order chi connectivity index (χ0) is 19.7. The van der Waals surface area contributed by atoms with Crippen LogP contribution in [0.25, 0.3) is 0 Å². The molecule has 0 atom stereocenters. The third-order valence-electron chi connectivity index (χ3n) is 7.45. The number of urea groups is 1. The summed E-state index contributed by atoms with van der Waals surface area (Å²) < 4.78 is 0. The highest BCUT2D eigenvalue weighted by Crippen LogP contribution is 2.33. The zero-order valence-corrected chi connectivity index (χ0v) is 17.1. The minimum absolute atomic E-state index is 0.0367. The van der Waals surface area contributed by atoms with Crippen LogP contribution < -0.4 is 5.32 Å². The third-order valence-corrected chi connectivity index (χ3v) is 7.45. The van der Waals surface area contributed by atoms with E-state index in [4.69, 9.17) is 0 Å². The predicted octanol–water partition coefficient (Wildman–Crippen LogP) is 1.96. The van der Waals surface area contributed by atoms with E-state index in [1.54, 1.807) is 0 Å². The van der Waals surface area contributed by atoms with E-state index in [0.717, 1.165) is 45.3 Å². The molecular weight excluding hydrogens is 356 g/mol. The Kier molecular flexibility index (Phi) is 5.63. The van der Waals surface area contributed by atoms with Gasteiger partial charge in [-0.05, 0) is 45.1 Å². The van der Waals surface area contributed by atoms with Gasteiger partial charge in [0.05, 0.1) is 0 Å². The van der Waals surface area contributed by atoms with Gasteiger partial charge < -0.3 is 15.1 Å². The van der Waals surface area contributed by atoms with Gasteiger partial charge in [-0.25, -0.2) is 4.79 Å². The molecule has 28 heavy (non-hydrogen) atoms. The molecule has 1 spiro atoms. The summed E-state index contributed by atoms with van der Waals surface area (Å²) in [5.41, 5.74) is -0.697. The summed E-state index contributed by atoms with van der Waals surface area (Å²) in [6, 6.07) is -0.307. The number of likely N-dealkylation sites (tertiary alicyclic amines) is 2. The molecule has 3 aliphatic heterocycles. The predicted molar refractivity (Wildman–Crippen MR) is 106 cm³/mol. The average molecular weight is 391 g/mol. The van der Waals surface area contributed by atoms with Crippen molar-refractivity contribution in [2.75, 3.05) is 32.7 Å². The first-order valence-electron chi connectivity index (χ1n) is 11.2. The Bertz CT molecular complexity index is 615. The number of nitrogens with zero attached hydrogens (tertiary/aromatic N) is 3. The minimum atomic E-state index is -0.697. The number of carbonyl (C=O) groups excluding carboxylic acids is 3. The molecule has 1 aliphatic carbocycles. The van der Waals surface area contributed by atoms with Gasteiger partial charge in [0.1, 0.15) is 5.54 Å². The van der Waals surface area contributed by atoms with Crippen molar-refractivity contribution in [1.82, 2.24) is 20.0 Å². The van der Waals surface area contributed by atoms with Gasteiger partial charge in [0, 0.05) is 38.1 Å². The van der Waals surface area contributed by atoms with Gasteiger partial charge in [-0.15, -0.1) is 0 Å². The second-order valence-corrected chi connectivity index (χ2v) is 9.01. The van der Waals surface area contributed by atoms with Gasteiger partial charge in [-0.2, -0.15) is 0 Å². The lowest BCUT2D eigenvalue weighted by molar-refractivity contribution is -0.139. The van der Waals surface area contributed by atoms with Gasteiger partial charge in [0.15, 0.2) is 0 Å². The van der Waals surface area contributed by atoms with E-state index in [1.165, 1.54) is 11.3 Å². The maximum Gasteiger partial charge on any atom is 0.325 e. The van der Waals surface area contributed by atoms with Crippen LogP contribution in [0.4, 0.5) is 4.79 Å². The number of carbonyl (C=O) groups is 3. The lowest BCUT2D eigenvalue weighted by Gasteiger charge is -2.39. The molecule has 1 N–H and O–H groups in total. The fraction of sp³-hybridized carbons (Fsp3) is 0.857. The summed E-state index contributed by atoms with van der Waals surface area (Å²) in [5.74, 6) is 0.443. The maximum absolute atomic E-state index is 13.2. The third kappa shape index (κ3) is 3.53. The van der Waals surface area contributed by atoms with Crippen LogP contribution in [0.5, 0.6) is 0 Å². The Morgan fingerprint density at radius 2 is 1.64 bits per heavy atom. The molecule has 0 radical (unpaired) electrons. The molecule has 3 saturated heterocycles. The molecule has 4 fully saturated rings. The molecule has 0 aromatic rings. The molecule has 4 aliphatic rings. The molecule has 0 unspecified atom stereocenters. The molecule has 4 rings (SSSR count). The molecule has 7 heteroatoms. The van der Waals surface area contributed by atoms with Crippen molar-refractivity contribution in [2.24, 2.45) is 5.92 Å². The van der Waals surface area contributed by atoms with Crippen LogP contribution in [0.2, 0.25) is 0 Å². The summed E-state index contributed by atoms with van der Waals surface area (Å²) in [7, 11) is 0. The fourth-order valence-corrected chi connectivity index (χ4v) is 5.51. The number of nitrogens with one attached hydrogen (secondary N) is 1. The van der Waals surface area contributed by atoms with Crippen molar-refractivity contribution in [3.05, 3.63) is 0 Å².